The van der Waals surface area contributed by atoms with Gasteiger partial charge in [0.15, 0.2) is 0 Å². The normalized spacial score (nSPS) is 18.0. The first-order valence-corrected chi connectivity index (χ1v) is 4.85. The molecule has 1 saturated carbocycles. The van der Waals surface area contributed by atoms with Gasteiger partial charge in [0.25, 0.3) is 0 Å². The van der Waals surface area contributed by atoms with E-state index in [1.165, 1.54) is 0 Å². The molecule has 1 aliphatic rings. The van der Waals surface area contributed by atoms with Gasteiger partial charge in [0.1, 0.15) is 0 Å². The number of amides is 2. The van der Waals surface area contributed by atoms with Crippen LogP contribution in [0.25, 0.3) is 0 Å². The third kappa shape index (κ3) is 3.22. The Kier molecular flexibility index (Phi) is 3.54. The summed E-state index contributed by atoms with van der Waals surface area (Å²) in [5, 5.41) is 14.3. The van der Waals surface area contributed by atoms with E-state index in [2.05, 4.69) is 10.6 Å². The highest BCUT2D eigenvalue weighted by Crippen LogP contribution is 2.47. The van der Waals surface area contributed by atoms with Crippen molar-refractivity contribution in [3.63, 3.8) is 0 Å². The Bertz CT molecular complexity index is 178. The average Bonchev–Trinajstić information content (AvgIpc) is 2.84. The zero-order valence-electron chi connectivity index (χ0n) is 8.10. The molecular formula is C9H18N2O2. The lowest BCUT2D eigenvalue weighted by atomic mass is 10.0. The fourth-order valence-electron chi connectivity index (χ4n) is 1.42. The van der Waals surface area contributed by atoms with E-state index in [1.54, 1.807) is 0 Å². The van der Waals surface area contributed by atoms with Gasteiger partial charge in [-0.1, -0.05) is 0 Å². The van der Waals surface area contributed by atoms with Gasteiger partial charge in [-0.05, 0) is 31.6 Å². The highest BCUT2D eigenvalue weighted by molar-refractivity contribution is 5.73. The molecule has 13 heavy (non-hydrogen) atoms. The monoisotopic (exact) mass is 186 g/mol. The lowest BCUT2D eigenvalue weighted by Crippen LogP contribution is -2.38. The Balaban J connectivity index is 2.14. The molecule has 1 fully saturated rings. The molecule has 0 aromatic carbocycles. The quantitative estimate of drug-likeness (QED) is 0.584. The minimum Gasteiger partial charge on any atom is -0.396 e. The lowest BCUT2D eigenvalue weighted by Gasteiger charge is -2.14. The largest absolute Gasteiger partial charge is 0.396 e. The first-order chi connectivity index (χ1) is 6.22. The minimum atomic E-state index is -0.105. The maximum atomic E-state index is 11.0. The maximum absolute atomic E-state index is 11.0. The SMILES string of the molecule is CCNC(=O)NCC1(CCO)CC1. The molecule has 0 heterocycles. The van der Waals surface area contributed by atoms with Crippen LogP contribution in [0.2, 0.25) is 0 Å². The Morgan fingerprint density at radius 3 is 2.62 bits per heavy atom. The first kappa shape index (κ1) is 10.3. The number of hydrogen-bond donors (Lipinski definition) is 3. The molecule has 0 unspecified atom stereocenters. The van der Waals surface area contributed by atoms with Crippen molar-refractivity contribution in [2.75, 3.05) is 19.7 Å². The average molecular weight is 186 g/mol. The van der Waals surface area contributed by atoms with E-state index in [1.807, 2.05) is 6.92 Å². The van der Waals surface area contributed by atoms with Gasteiger partial charge in [-0.2, -0.15) is 0 Å². The van der Waals surface area contributed by atoms with Gasteiger partial charge in [0, 0.05) is 19.7 Å². The van der Waals surface area contributed by atoms with Crippen LogP contribution in [0.4, 0.5) is 4.79 Å². The number of carbonyl (C=O) groups excluding carboxylic acids is 1. The Labute approximate surface area is 78.7 Å². The third-order valence-corrected chi connectivity index (χ3v) is 2.56. The van der Waals surface area contributed by atoms with E-state index >= 15 is 0 Å². The molecule has 4 heteroatoms. The molecule has 3 N–H and O–H groups in total. The number of aliphatic hydroxyl groups excluding tert-OH is 1. The highest BCUT2D eigenvalue weighted by atomic mass is 16.3. The summed E-state index contributed by atoms with van der Waals surface area (Å²) in [6, 6.07) is -0.105. The minimum absolute atomic E-state index is 0.105. The first-order valence-electron chi connectivity index (χ1n) is 4.85. The van der Waals surface area contributed by atoms with Crippen LogP contribution in [0.5, 0.6) is 0 Å². The molecule has 0 aromatic rings. The van der Waals surface area contributed by atoms with E-state index in [0.717, 1.165) is 19.3 Å². The van der Waals surface area contributed by atoms with Crippen LogP contribution >= 0.6 is 0 Å². The summed E-state index contributed by atoms with van der Waals surface area (Å²) in [6.07, 6.45) is 3.05. The van der Waals surface area contributed by atoms with Gasteiger partial charge in [-0.25, -0.2) is 4.79 Å². The van der Waals surface area contributed by atoms with Crippen LogP contribution in [0, 0.1) is 5.41 Å². The summed E-state index contributed by atoms with van der Waals surface area (Å²) in [7, 11) is 0. The smallest absolute Gasteiger partial charge is 0.314 e. The molecule has 76 valence electrons. The molecule has 2 amide bonds. The molecule has 0 radical (unpaired) electrons. The highest BCUT2D eigenvalue weighted by Gasteiger charge is 2.41. The van der Waals surface area contributed by atoms with Crippen LogP contribution < -0.4 is 10.6 Å². The standard InChI is InChI=1S/C9H18N2O2/c1-2-10-8(13)11-7-9(3-4-9)5-6-12/h12H,2-7H2,1H3,(H2,10,11,13). The van der Waals surface area contributed by atoms with E-state index in [9.17, 15) is 4.79 Å². The van der Waals surface area contributed by atoms with Crippen molar-refractivity contribution in [2.45, 2.75) is 26.2 Å². The van der Waals surface area contributed by atoms with Crippen molar-refractivity contribution in [2.24, 2.45) is 5.41 Å². The van der Waals surface area contributed by atoms with Crippen molar-refractivity contribution in [1.82, 2.24) is 10.6 Å². The van der Waals surface area contributed by atoms with Gasteiger partial charge in [0.05, 0.1) is 0 Å². The van der Waals surface area contributed by atoms with Crippen molar-refractivity contribution < 1.29 is 9.90 Å². The van der Waals surface area contributed by atoms with E-state index in [4.69, 9.17) is 5.11 Å². The van der Waals surface area contributed by atoms with E-state index in [-0.39, 0.29) is 18.1 Å². The van der Waals surface area contributed by atoms with Crippen LogP contribution in [-0.2, 0) is 0 Å². The Morgan fingerprint density at radius 1 is 1.46 bits per heavy atom. The van der Waals surface area contributed by atoms with E-state index in [0.29, 0.717) is 13.1 Å². The number of aliphatic hydroxyl groups is 1. The summed E-state index contributed by atoms with van der Waals surface area (Å²) in [5.74, 6) is 0. The number of rotatable bonds is 5. The zero-order chi connectivity index (χ0) is 9.73. The molecular weight excluding hydrogens is 168 g/mol. The summed E-state index contributed by atoms with van der Waals surface area (Å²) in [4.78, 5) is 11.0. The fraction of sp³-hybridized carbons (Fsp3) is 0.889. The summed E-state index contributed by atoms with van der Waals surface area (Å²) in [5.41, 5.74) is 0.208. The second-order valence-electron chi connectivity index (χ2n) is 3.69. The molecule has 0 saturated heterocycles. The number of urea groups is 1. The Morgan fingerprint density at radius 2 is 2.15 bits per heavy atom. The van der Waals surface area contributed by atoms with Gasteiger partial charge in [0.2, 0.25) is 0 Å². The van der Waals surface area contributed by atoms with Crippen LogP contribution in [0.3, 0.4) is 0 Å². The van der Waals surface area contributed by atoms with Crippen molar-refractivity contribution in [1.29, 1.82) is 0 Å². The predicted molar refractivity (Wildman–Crippen MR) is 50.4 cm³/mol. The van der Waals surface area contributed by atoms with Crippen molar-refractivity contribution in [3.05, 3.63) is 0 Å². The van der Waals surface area contributed by atoms with Gasteiger partial charge in [-0.3, -0.25) is 0 Å². The number of carbonyl (C=O) groups is 1. The summed E-state index contributed by atoms with van der Waals surface area (Å²) < 4.78 is 0. The predicted octanol–water partition coefficient (Wildman–Crippen LogP) is 0.468. The molecule has 0 bridgehead atoms. The fourth-order valence-corrected chi connectivity index (χ4v) is 1.42. The van der Waals surface area contributed by atoms with Crippen LogP contribution in [0.15, 0.2) is 0 Å². The topological polar surface area (TPSA) is 61.4 Å². The summed E-state index contributed by atoms with van der Waals surface area (Å²) >= 11 is 0. The molecule has 0 aliphatic heterocycles. The van der Waals surface area contributed by atoms with Crippen LogP contribution in [-0.4, -0.2) is 30.8 Å². The molecule has 0 aromatic heterocycles. The van der Waals surface area contributed by atoms with Gasteiger partial charge >= 0.3 is 6.03 Å². The molecule has 1 rings (SSSR count). The molecule has 0 atom stereocenters. The summed E-state index contributed by atoms with van der Waals surface area (Å²) in [6.45, 7) is 3.45. The zero-order valence-corrected chi connectivity index (χ0v) is 8.10. The van der Waals surface area contributed by atoms with Crippen LogP contribution in [0.1, 0.15) is 26.2 Å². The Hall–Kier alpha value is -0.770. The molecule has 1 aliphatic carbocycles. The molecule has 0 spiro atoms. The lowest BCUT2D eigenvalue weighted by molar-refractivity contribution is 0.228. The second kappa shape index (κ2) is 4.46. The van der Waals surface area contributed by atoms with Gasteiger partial charge < -0.3 is 15.7 Å². The van der Waals surface area contributed by atoms with Crippen molar-refractivity contribution >= 4 is 6.03 Å². The number of nitrogens with one attached hydrogen (secondary N) is 2. The van der Waals surface area contributed by atoms with Gasteiger partial charge in [-0.15, -0.1) is 0 Å². The number of hydrogen-bond acceptors (Lipinski definition) is 2. The third-order valence-electron chi connectivity index (χ3n) is 2.56. The maximum Gasteiger partial charge on any atom is 0.314 e. The van der Waals surface area contributed by atoms with Crippen molar-refractivity contribution in [3.8, 4) is 0 Å². The second-order valence-corrected chi connectivity index (χ2v) is 3.69. The molecule has 4 nitrogen and oxygen atoms in total. The van der Waals surface area contributed by atoms with E-state index < -0.39 is 0 Å².